The number of pyridine rings is 1. The van der Waals surface area contributed by atoms with E-state index in [2.05, 4.69) is 9.88 Å². The number of carbonyl (C=O) groups is 1. The molecule has 1 fully saturated rings. The SMILES string of the molecule is CN(C(=O)C(C)(C)C)C1CCCN(c2nc3cccnc3n2C)C1. The van der Waals surface area contributed by atoms with Crippen LogP contribution in [0.4, 0.5) is 5.95 Å². The highest BCUT2D eigenvalue weighted by Gasteiger charge is 2.33. The van der Waals surface area contributed by atoms with Crippen molar-refractivity contribution in [3.8, 4) is 0 Å². The van der Waals surface area contributed by atoms with E-state index in [9.17, 15) is 4.79 Å². The number of anilines is 1. The summed E-state index contributed by atoms with van der Waals surface area (Å²) >= 11 is 0. The molecule has 130 valence electrons. The first-order valence-corrected chi connectivity index (χ1v) is 8.58. The van der Waals surface area contributed by atoms with E-state index < -0.39 is 0 Å². The third-order valence-electron chi connectivity index (χ3n) is 4.79. The molecule has 2 aromatic rings. The maximum atomic E-state index is 12.6. The van der Waals surface area contributed by atoms with E-state index >= 15 is 0 Å². The summed E-state index contributed by atoms with van der Waals surface area (Å²) in [5.41, 5.74) is 1.46. The number of carbonyl (C=O) groups excluding carboxylic acids is 1. The first-order chi connectivity index (χ1) is 11.3. The summed E-state index contributed by atoms with van der Waals surface area (Å²) in [5.74, 6) is 1.13. The van der Waals surface area contributed by atoms with Gasteiger partial charge in [0.25, 0.3) is 0 Å². The van der Waals surface area contributed by atoms with Gasteiger partial charge in [-0.25, -0.2) is 9.97 Å². The number of fused-ring (bicyclic) bond motifs is 1. The van der Waals surface area contributed by atoms with Gasteiger partial charge in [-0.3, -0.25) is 9.36 Å². The van der Waals surface area contributed by atoms with E-state index in [4.69, 9.17) is 4.98 Å². The molecule has 1 saturated heterocycles. The molecule has 0 aliphatic carbocycles. The topological polar surface area (TPSA) is 54.3 Å². The fourth-order valence-corrected chi connectivity index (χ4v) is 3.44. The number of imidazole rings is 1. The summed E-state index contributed by atoms with van der Waals surface area (Å²) in [4.78, 5) is 26.0. The number of piperidine rings is 1. The van der Waals surface area contributed by atoms with E-state index in [1.807, 2.05) is 56.5 Å². The second-order valence-electron chi connectivity index (χ2n) is 7.73. The third kappa shape index (κ3) is 2.97. The monoisotopic (exact) mass is 329 g/mol. The molecule has 1 aliphatic heterocycles. The van der Waals surface area contributed by atoms with Crippen molar-refractivity contribution in [2.45, 2.75) is 39.7 Å². The fourth-order valence-electron chi connectivity index (χ4n) is 3.44. The van der Waals surface area contributed by atoms with Crippen LogP contribution in [0, 0.1) is 5.41 Å². The Morgan fingerprint density at radius 2 is 2.12 bits per heavy atom. The second kappa shape index (κ2) is 6.07. The van der Waals surface area contributed by atoms with Crippen LogP contribution in [0.3, 0.4) is 0 Å². The lowest BCUT2D eigenvalue weighted by Gasteiger charge is -2.40. The first-order valence-electron chi connectivity index (χ1n) is 8.58. The summed E-state index contributed by atoms with van der Waals surface area (Å²) in [7, 11) is 3.93. The zero-order valence-electron chi connectivity index (χ0n) is 15.3. The molecule has 1 amide bonds. The summed E-state index contributed by atoms with van der Waals surface area (Å²) in [5, 5.41) is 0. The Morgan fingerprint density at radius 3 is 2.79 bits per heavy atom. The molecule has 6 heteroatoms. The maximum absolute atomic E-state index is 12.6. The number of rotatable bonds is 2. The molecule has 1 atom stereocenters. The molecule has 6 nitrogen and oxygen atoms in total. The van der Waals surface area contributed by atoms with Gasteiger partial charge >= 0.3 is 0 Å². The van der Waals surface area contributed by atoms with E-state index in [-0.39, 0.29) is 17.4 Å². The molecule has 24 heavy (non-hydrogen) atoms. The predicted molar refractivity (Wildman–Crippen MR) is 96.0 cm³/mol. The Morgan fingerprint density at radius 1 is 1.38 bits per heavy atom. The van der Waals surface area contributed by atoms with Gasteiger partial charge in [-0.2, -0.15) is 0 Å². The van der Waals surface area contributed by atoms with E-state index in [1.165, 1.54) is 0 Å². The number of nitrogens with zero attached hydrogens (tertiary/aromatic N) is 5. The molecule has 0 bridgehead atoms. The average Bonchev–Trinajstić information content (AvgIpc) is 2.90. The molecule has 0 radical (unpaired) electrons. The average molecular weight is 329 g/mol. The van der Waals surface area contributed by atoms with Crippen LogP contribution in [0.2, 0.25) is 0 Å². The number of aromatic nitrogens is 3. The summed E-state index contributed by atoms with van der Waals surface area (Å²) in [6.45, 7) is 7.71. The predicted octanol–water partition coefficient (Wildman–Crippen LogP) is 2.44. The van der Waals surface area contributed by atoms with Crippen molar-refractivity contribution in [2.24, 2.45) is 12.5 Å². The lowest BCUT2D eigenvalue weighted by atomic mass is 9.93. The van der Waals surface area contributed by atoms with Gasteiger partial charge in [0.1, 0.15) is 5.52 Å². The van der Waals surface area contributed by atoms with Crippen molar-refractivity contribution in [2.75, 3.05) is 25.0 Å². The highest BCUT2D eigenvalue weighted by Crippen LogP contribution is 2.26. The van der Waals surface area contributed by atoms with E-state index in [0.29, 0.717) is 0 Å². The number of amides is 1. The molecular formula is C18H27N5O. The van der Waals surface area contributed by atoms with Gasteiger partial charge in [0.2, 0.25) is 11.9 Å². The highest BCUT2D eigenvalue weighted by atomic mass is 16.2. The van der Waals surface area contributed by atoms with E-state index in [0.717, 1.165) is 43.0 Å². The summed E-state index contributed by atoms with van der Waals surface area (Å²) in [6, 6.07) is 4.12. The Balaban J connectivity index is 1.82. The quantitative estimate of drug-likeness (QED) is 0.849. The Bertz CT molecular complexity index is 745. The van der Waals surface area contributed by atoms with Crippen molar-refractivity contribution >= 4 is 23.0 Å². The van der Waals surface area contributed by atoms with Crippen LogP contribution in [-0.2, 0) is 11.8 Å². The highest BCUT2D eigenvalue weighted by molar-refractivity contribution is 5.81. The lowest BCUT2D eigenvalue weighted by Crippen LogP contribution is -2.51. The summed E-state index contributed by atoms with van der Waals surface area (Å²) in [6.07, 6.45) is 3.89. The smallest absolute Gasteiger partial charge is 0.227 e. The second-order valence-corrected chi connectivity index (χ2v) is 7.73. The third-order valence-corrected chi connectivity index (χ3v) is 4.79. The van der Waals surface area contributed by atoms with Crippen LogP contribution in [0.5, 0.6) is 0 Å². The molecule has 0 N–H and O–H groups in total. The molecular weight excluding hydrogens is 302 g/mol. The standard InChI is InChI=1S/C18H27N5O/c1-18(2,3)16(24)21(4)13-8-7-11-23(12-13)17-20-14-9-6-10-19-15(14)22(17)5/h6,9-10,13H,7-8,11-12H2,1-5H3. The Kier molecular flexibility index (Phi) is 4.24. The zero-order valence-corrected chi connectivity index (χ0v) is 15.3. The molecule has 1 aliphatic rings. The normalized spacial score (nSPS) is 18.9. The molecule has 1 unspecified atom stereocenters. The van der Waals surface area contributed by atoms with Crippen LogP contribution in [0.25, 0.3) is 11.2 Å². The van der Waals surface area contributed by atoms with Crippen molar-refractivity contribution in [1.29, 1.82) is 0 Å². The van der Waals surface area contributed by atoms with Gasteiger partial charge in [-0.05, 0) is 25.0 Å². The molecule has 3 heterocycles. The zero-order chi connectivity index (χ0) is 17.5. The summed E-state index contributed by atoms with van der Waals surface area (Å²) < 4.78 is 2.04. The van der Waals surface area contributed by atoms with Gasteiger partial charge in [-0.1, -0.05) is 20.8 Å². The van der Waals surface area contributed by atoms with Crippen molar-refractivity contribution < 1.29 is 4.79 Å². The minimum Gasteiger partial charge on any atom is -0.341 e. The van der Waals surface area contributed by atoms with Crippen molar-refractivity contribution in [3.05, 3.63) is 18.3 Å². The Labute approximate surface area is 143 Å². The minimum absolute atomic E-state index is 0.195. The number of likely N-dealkylation sites (N-methyl/N-ethyl adjacent to an activating group) is 1. The maximum Gasteiger partial charge on any atom is 0.227 e. The molecule has 3 rings (SSSR count). The molecule has 0 saturated carbocycles. The largest absolute Gasteiger partial charge is 0.341 e. The van der Waals surface area contributed by atoms with Crippen molar-refractivity contribution in [3.63, 3.8) is 0 Å². The van der Waals surface area contributed by atoms with Gasteiger partial charge < -0.3 is 9.80 Å². The first kappa shape index (κ1) is 16.7. The van der Waals surface area contributed by atoms with Crippen LogP contribution in [0.15, 0.2) is 18.3 Å². The molecule has 2 aromatic heterocycles. The Hall–Kier alpha value is -2.11. The van der Waals surface area contributed by atoms with Crippen LogP contribution in [0.1, 0.15) is 33.6 Å². The number of hydrogen-bond donors (Lipinski definition) is 0. The van der Waals surface area contributed by atoms with Crippen LogP contribution < -0.4 is 4.90 Å². The minimum atomic E-state index is -0.348. The number of aryl methyl sites for hydroxylation is 1. The fraction of sp³-hybridized carbons (Fsp3) is 0.611. The van der Waals surface area contributed by atoms with Crippen LogP contribution in [-0.4, -0.2) is 51.5 Å². The van der Waals surface area contributed by atoms with E-state index in [1.54, 1.807) is 6.20 Å². The lowest BCUT2D eigenvalue weighted by molar-refractivity contribution is -0.140. The van der Waals surface area contributed by atoms with Crippen LogP contribution >= 0.6 is 0 Å². The van der Waals surface area contributed by atoms with Gasteiger partial charge in [0.05, 0.1) is 0 Å². The van der Waals surface area contributed by atoms with Gasteiger partial charge in [0.15, 0.2) is 5.65 Å². The van der Waals surface area contributed by atoms with Gasteiger partial charge in [-0.15, -0.1) is 0 Å². The van der Waals surface area contributed by atoms with Crippen molar-refractivity contribution in [1.82, 2.24) is 19.4 Å². The number of hydrogen-bond acceptors (Lipinski definition) is 4. The van der Waals surface area contributed by atoms with Gasteiger partial charge in [0, 0.05) is 44.8 Å². The molecule has 0 aromatic carbocycles. The molecule has 0 spiro atoms.